The summed E-state index contributed by atoms with van der Waals surface area (Å²) in [6.45, 7) is 12.6. The zero-order chi connectivity index (χ0) is 28.6. The van der Waals surface area contributed by atoms with Crippen molar-refractivity contribution in [3.63, 3.8) is 0 Å². The molecule has 0 aliphatic heterocycles. The maximum atomic E-state index is 14.1. The fourth-order valence-electron chi connectivity index (χ4n) is 3.93. The third-order valence-corrected chi connectivity index (χ3v) is 6.04. The van der Waals surface area contributed by atoms with E-state index in [2.05, 4.69) is 10.6 Å². The maximum Gasteiger partial charge on any atom is 0.408 e. The summed E-state index contributed by atoms with van der Waals surface area (Å²) in [5.41, 5.74) is 0.0220. The van der Waals surface area contributed by atoms with E-state index in [4.69, 9.17) is 9.47 Å². The van der Waals surface area contributed by atoms with Crippen LogP contribution in [0, 0.1) is 5.92 Å². The Morgan fingerprint density at radius 1 is 1.00 bits per heavy atom. The quantitative estimate of drug-likeness (QED) is 0.388. The first-order valence-electron chi connectivity index (χ1n) is 12.8. The minimum atomic E-state index is -1.18. The molecule has 3 unspecified atom stereocenters. The third-order valence-electron chi connectivity index (χ3n) is 6.04. The number of hydrogen-bond donors (Lipinski definition) is 3. The zero-order valence-electron chi connectivity index (χ0n) is 23.6. The number of methoxy groups -OCH3 is 1. The van der Waals surface area contributed by atoms with Gasteiger partial charge in [0.1, 0.15) is 29.2 Å². The van der Waals surface area contributed by atoms with Crippen molar-refractivity contribution in [2.45, 2.75) is 78.6 Å². The van der Waals surface area contributed by atoms with Crippen LogP contribution in [0.3, 0.4) is 0 Å². The molecule has 0 spiro atoms. The molecule has 0 aromatic heterocycles. The number of phenolic OH excluding ortho intramolecular Hbond substituents is 1. The van der Waals surface area contributed by atoms with Gasteiger partial charge in [-0.1, -0.05) is 39.0 Å². The number of aromatic hydroxyl groups is 1. The molecule has 0 saturated heterocycles. The van der Waals surface area contributed by atoms with Crippen LogP contribution in [0.1, 0.15) is 66.5 Å². The number of ether oxygens (including phenoxy) is 2. The zero-order valence-corrected chi connectivity index (χ0v) is 23.6. The van der Waals surface area contributed by atoms with Gasteiger partial charge in [0.25, 0.3) is 5.91 Å². The topological polar surface area (TPSA) is 117 Å². The van der Waals surface area contributed by atoms with Crippen LogP contribution in [0.25, 0.3) is 0 Å². The highest BCUT2D eigenvalue weighted by Gasteiger charge is 2.40. The van der Waals surface area contributed by atoms with Crippen LogP contribution in [0.4, 0.5) is 10.5 Å². The smallest absolute Gasteiger partial charge is 0.408 e. The van der Waals surface area contributed by atoms with Gasteiger partial charge in [0.2, 0.25) is 5.91 Å². The summed E-state index contributed by atoms with van der Waals surface area (Å²) >= 11 is 0. The number of nitrogens with zero attached hydrogens (tertiary/aromatic N) is 1. The Hall–Kier alpha value is -3.75. The Bertz CT molecular complexity index is 1090. The molecule has 0 saturated carbocycles. The number of benzene rings is 2. The summed E-state index contributed by atoms with van der Waals surface area (Å²) in [7, 11) is 1.55. The van der Waals surface area contributed by atoms with Crippen LogP contribution < -0.4 is 15.4 Å². The van der Waals surface area contributed by atoms with E-state index in [-0.39, 0.29) is 17.2 Å². The van der Waals surface area contributed by atoms with Crippen molar-refractivity contribution in [1.82, 2.24) is 10.2 Å². The molecule has 0 aliphatic carbocycles. The number of carbonyl (C=O) groups excluding carboxylic acids is 3. The molecule has 2 aromatic carbocycles. The fraction of sp³-hybridized carbons (Fsp3) is 0.483. The van der Waals surface area contributed by atoms with Crippen LogP contribution in [-0.4, -0.2) is 52.7 Å². The number of nitrogens with one attached hydrogen (secondary N) is 2. The van der Waals surface area contributed by atoms with Crippen LogP contribution >= 0.6 is 0 Å². The average molecular weight is 528 g/mol. The molecule has 3 atom stereocenters. The van der Waals surface area contributed by atoms with E-state index in [1.165, 1.54) is 11.0 Å². The van der Waals surface area contributed by atoms with Crippen molar-refractivity contribution in [3.05, 3.63) is 54.1 Å². The van der Waals surface area contributed by atoms with Crippen LogP contribution in [0.15, 0.2) is 48.5 Å². The normalized spacial score (nSPS) is 13.7. The van der Waals surface area contributed by atoms with Crippen LogP contribution in [0.2, 0.25) is 0 Å². The minimum absolute atomic E-state index is 0.121. The molecular formula is C29H41N3O6. The lowest BCUT2D eigenvalue weighted by atomic mass is 9.96. The van der Waals surface area contributed by atoms with Gasteiger partial charge in [-0.3, -0.25) is 9.59 Å². The first-order chi connectivity index (χ1) is 17.8. The van der Waals surface area contributed by atoms with E-state index in [0.717, 1.165) is 0 Å². The predicted molar refractivity (Wildman–Crippen MR) is 147 cm³/mol. The molecule has 208 valence electrons. The van der Waals surface area contributed by atoms with Crippen molar-refractivity contribution in [1.29, 1.82) is 0 Å². The number of alkyl carbamates (subject to hydrolysis) is 1. The molecule has 3 amide bonds. The number of hydrogen-bond acceptors (Lipinski definition) is 6. The fourth-order valence-corrected chi connectivity index (χ4v) is 3.93. The Kier molecular flexibility index (Phi) is 10.6. The molecule has 38 heavy (non-hydrogen) atoms. The second-order valence-electron chi connectivity index (χ2n) is 10.5. The highest BCUT2D eigenvalue weighted by atomic mass is 16.6. The molecule has 2 rings (SSSR count). The van der Waals surface area contributed by atoms with Gasteiger partial charge in [0, 0.05) is 17.3 Å². The maximum absolute atomic E-state index is 14.1. The number of phenols is 1. The molecule has 0 radical (unpaired) electrons. The van der Waals surface area contributed by atoms with Crippen molar-refractivity contribution < 1.29 is 29.0 Å². The van der Waals surface area contributed by atoms with Gasteiger partial charge in [-0.05, 0) is 70.4 Å². The van der Waals surface area contributed by atoms with E-state index in [1.54, 1.807) is 84.2 Å². The van der Waals surface area contributed by atoms with Crippen molar-refractivity contribution in [3.8, 4) is 11.5 Å². The summed E-state index contributed by atoms with van der Waals surface area (Å²) in [6, 6.07) is 10.7. The van der Waals surface area contributed by atoms with Crippen LogP contribution in [-0.2, 0) is 14.3 Å². The second-order valence-corrected chi connectivity index (χ2v) is 10.5. The Balaban J connectivity index is 2.55. The highest BCUT2D eigenvalue weighted by molar-refractivity contribution is 5.99. The highest BCUT2D eigenvalue weighted by Crippen LogP contribution is 2.33. The molecule has 2 aromatic rings. The molecule has 0 aliphatic rings. The summed E-state index contributed by atoms with van der Waals surface area (Å²) < 4.78 is 10.6. The first-order valence-corrected chi connectivity index (χ1v) is 12.8. The SMILES string of the molecule is CCC(C)N(C(=O)C(NC(=O)OC(C)(C)C)C(C)C)C(C(=O)Nc1ccc(OC)cc1)c1ccccc1O. The minimum Gasteiger partial charge on any atom is -0.508 e. The Morgan fingerprint density at radius 2 is 1.61 bits per heavy atom. The number of para-hydroxylation sites is 1. The molecular weight excluding hydrogens is 486 g/mol. The van der Waals surface area contributed by atoms with Crippen molar-refractivity contribution in [2.75, 3.05) is 12.4 Å². The van der Waals surface area contributed by atoms with Gasteiger partial charge in [0.15, 0.2) is 0 Å². The van der Waals surface area contributed by atoms with Gasteiger partial charge < -0.3 is 30.1 Å². The van der Waals surface area contributed by atoms with Gasteiger partial charge >= 0.3 is 6.09 Å². The summed E-state index contributed by atoms with van der Waals surface area (Å²) in [5, 5.41) is 16.3. The molecule has 9 nitrogen and oxygen atoms in total. The monoisotopic (exact) mass is 527 g/mol. The lowest BCUT2D eigenvalue weighted by molar-refractivity contribution is -0.144. The molecule has 0 heterocycles. The van der Waals surface area contributed by atoms with Crippen LogP contribution in [0.5, 0.6) is 11.5 Å². The Labute approximate surface area is 225 Å². The second kappa shape index (κ2) is 13.2. The largest absolute Gasteiger partial charge is 0.508 e. The molecule has 9 heteroatoms. The number of rotatable bonds is 10. The number of amides is 3. The van der Waals surface area contributed by atoms with E-state index < -0.39 is 41.6 Å². The van der Waals surface area contributed by atoms with E-state index in [1.807, 2.05) is 13.8 Å². The van der Waals surface area contributed by atoms with E-state index in [9.17, 15) is 19.5 Å². The van der Waals surface area contributed by atoms with Gasteiger partial charge in [-0.15, -0.1) is 0 Å². The predicted octanol–water partition coefficient (Wildman–Crippen LogP) is 5.26. The summed E-state index contributed by atoms with van der Waals surface area (Å²) in [4.78, 5) is 42.0. The van der Waals surface area contributed by atoms with Gasteiger partial charge in [-0.25, -0.2) is 4.79 Å². The lowest BCUT2D eigenvalue weighted by Gasteiger charge is -2.39. The van der Waals surface area contributed by atoms with E-state index in [0.29, 0.717) is 17.9 Å². The molecule has 0 fully saturated rings. The van der Waals surface area contributed by atoms with Crippen molar-refractivity contribution >= 4 is 23.6 Å². The first kappa shape index (κ1) is 30.5. The van der Waals surface area contributed by atoms with Gasteiger partial charge in [0.05, 0.1) is 7.11 Å². The lowest BCUT2D eigenvalue weighted by Crippen LogP contribution is -2.56. The molecule has 0 bridgehead atoms. The summed E-state index contributed by atoms with van der Waals surface area (Å²) in [6.07, 6.45) is -0.196. The average Bonchev–Trinajstić information content (AvgIpc) is 2.84. The van der Waals surface area contributed by atoms with E-state index >= 15 is 0 Å². The Morgan fingerprint density at radius 3 is 2.11 bits per heavy atom. The van der Waals surface area contributed by atoms with Crippen molar-refractivity contribution in [2.24, 2.45) is 5.92 Å². The molecule has 3 N–H and O–H groups in total. The standard InChI is InChI=1S/C29H41N3O6/c1-9-19(4)32(27(35)24(18(2)3)31-28(36)38-29(5,6)7)25(22-12-10-11-13-23(22)33)26(34)30-20-14-16-21(37-8)17-15-20/h10-19,24-25,33H,9H2,1-8H3,(H,30,34)(H,31,36). The third kappa shape index (κ3) is 8.13. The number of anilines is 1. The van der Waals surface area contributed by atoms with Gasteiger partial charge in [-0.2, -0.15) is 0 Å². The number of carbonyl (C=O) groups is 3. The summed E-state index contributed by atoms with van der Waals surface area (Å²) in [5.74, 6) is -0.769.